The lowest BCUT2D eigenvalue weighted by Crippen LogP contribution is -2.37. The van der Waals surface area contributed by atoms with E-state index in [0.717, 1.165) is 11.1 Å². The molecule has 102 valence electrons. The molecule has 20 heavy (non-hydrogen) atoms. The zero-order chi connectivity index (χ0) is 14.5. The van der Waals surface area contributed by atoms with Crippen LogP contribution in [-0.4, -0.2) is 17.8 Å². The molecule has 1 heterocycles. The summed E-state index contributed by atoms with van der Waals surface area (Å²) in [6, 6.07) is 0. The molecule has 1 amide bonds. The average Bonchev–Trinajstić information content (AvgIpc) is 2.72. The fourth-order valence-electron chi connectivity index (χ4n) is 2.01. The van der Waals surface area contributed by atoms with Crippen LogP contribution in [0.5, 0.6) is 0 Å². The smallest absolute Gasteiger partial charge is 0.263 e. The van der Waals surface area contributed by atoms with Gasteiger partial charge in [0.05, 0.1) is 11.4 Å². The minimum absolute atomic E-state index is 0.316. The molecule has 0 bridgehead atoms. The molecule has 2 rings (SSSR count). The Balaban J connectivity index is 2.61. The number of hydrogen-bond donors (Lipinski definition) is 2. The molecule has 0 aromatic heterocycles. The number of hydrogen-bond acceptors (Lipinski definition) is 3. The monoisotopic (exact) mass is 267 g/mol. The van der Waals surface area contributed by atoms with Crippen LogP contribution in [0.2, 0.25) is 0 Å². The second-order valence-corrected chi connectivity index (χ2v) is 4.32. The standard InChI is InChI=1S/C16H17N3O/c1-3-8-11(4-2)14-12-9-6-5-7-10-13(12)18-16(20)15(17)19-14/h3-4,6-10,15H,17H2,1-2H3,(H,18,20)/b8-3-,11-4+. The molecule has 0 saturated heterocycles. The van der Waals surface area contributed by atoms with E-state index < -0.39 is 6.17 Å². The number of nitrogens with zero attached hydrogens (tertiary/aromatic N) is 1. The van der Waals surface area contributed by atoms with Crippen LogP contribution in [0.3, 0.4) is 0 Å². The van der Waals surface area contributed by atoms with E-state index in [1.54, 1.807) is 18.2 Å². The molecule has 0 spiro atoms. The SMILES string of the molecule is C/C=C\C(=C/C)C1=NC(N)C(=O)NC2=CC=C=CC=C21. The van der Waals surface area contributed by atoms with Crippen molar-refractivity contribution < 1.29 is 4.79 Å². The summed E-state index contributed by atoms with van der Waals surface area (Å²) in [6.07, 6.45) is 12.1. The highest BCUT2D eigenvalue weighted by atomic mass is 16.2. The molecule has 0 aromatic carbocycles. The van der Waals surface area contributed by atoms with Crippen molar-refractivity contribution in [2.75, 3.05) is 0 Å². The minimum atomic E-state index is -0.910. The largest absolute Gasteiger partial charge is 0.322 e. The number of rotatable bonds is 2. The van der Waals surface area contributed by atoms with Crippen LogP contribution in [0.25, 0.3) is 0 Å². The van der Waals surface area contributed by atoms with Crippen LogP contribution in [0.15, 0.2) is 70.1 Å². The fraction of sp³-hybridized carbons (Fsp3) is 0.188. The molecule has 4 heteroatoms. The van der Waals surface area contributed by atoms with E-state index in [0.29, 0.717) is 11.4 Å². The van der Waals surface area contributed by atoms with Crippen molar-refractivity contribution in [2.45, 2.75) is 20.0 Å². The summed E-state index contributed by atoms with van der Waals surface area (Å²) >= 11 is 0. The van der Waals surface area contributed by atoms with Crippen LogP contribution in [0, 0.1) is 0 Å². The van der Waals surface area contributed by atoms with Gasteiger partial charge in [0.15, 0.2) is 6.17 Å². The second-order valence-electron chi connectivity index (χ2n) is 4.32. The zero-order valence-electron chi connectivity index (χ0n) is 11.6. The molecular weight excluding hydrogens is 250 g/mol. The zero-order valence-corrected chi connectivity index (χ0v) is 11.6. The molecule has 3 N–H and O–H groups in total. The highest BCUT2D eigenvalue weighted by Gasteiger charge is 2.25. The Morgan fingerprint density at radius 2 is 2.15 bits per heavy atom. The molecule has 1 aliphatic carbocycles. The molecule has 1 unspecified atom stereocenters. The van der Waals surface area contributed by atoms with E-state index >= 15 is 0 Å². The summed E-state index contributed by atoms with van der Waals surface area (Å²) in [6.45, 7) is 3.86. The van der Waals surface area contributed by atoms with Gasteiger partial charge in [0.25, 0.3) is 5.91 Å². The third-order valence-corrected chi connectivity index (χ3v) is 2.96. The number of allylic oxidation sites excluding steroid dienone is 8. The van der Waals surface area contributed by atoms with Crippen LogP contribution in [0.1, 0.15) is 13.8 Å². The van der Waals surface area contributed by atoms with Crippen molar-refractivity contribution in [1.29, 1.82) is 0 Å². The maximum Gasteiger partial charge on any atom is 0.263 e. The second kappa shape index (κ2) is 6.15. The Labute approximate surface area is 118 Å². The Morgan fingerprint density at radius 1 is 1.40 bits per heavy atom. The Hall–Kier alpha value is -2.42. The molecule has 1 aliphatic heterocycles. The van der Waals surface area contributed by atoms with Gasteiger partial charge in [-0.1, -0.05) is 18.2 Å². The Kier molecular flexibility index (Phi) is 4.31. The lowest BCUT2D eigenvalue weighted by Gasteiger charge is -2.11. The van der Waals surface area contributed by atoms with Gasteiger partial charge in [0.1, 0.15) is 0 Å². The fourth-order valence-corrected chi connectivity index (χ4v) is 2.01. The van der Waals surface area contributed by atoms with Crippen LogP contribution < -0.4 is 11.1 Å². The van der Waals surface area contributed by atoms with E-state index in [4.69, 9.17) is 5.73 Å². The van der Waals surface area contributed by atoms with E-state index in [-0.39, 0.29) is 5.91 Å². The summed E-state index contributed by atoms with van der Waals surface area (Å²) in [5.74, 6) is -0.316. The molecule has 0 fully saturated rings. The quantitative estimate of drug-likeness (QED) is 0.592. The number of fused-ring (bicyclic) bond motifs is 1. The molecular formula is C16H17N3O. The van der Waals surface area contributed by atoms with Crippen molar-refractivity contribution in [3.05, 3.63) is 65.1 Å². The number of nitrogens with two attached hydrogens (primary N) is 1. The van der Waals surface area contributed by atoms with E-state index in [1.165, 1.54) is 0 Å². The van der Waals surface area contributed by atoms with E-state index in [1.807, 2.05) is 38.2 Å². The predicted octanol–water partition coefficient (Wildman–Crippen LogP) is 1.90. The van der Waals surface area contributed by atoms with Gasteiger partial charge in [-0.2, -0.15) is 0 Å². The maximum absolute atomic E-state index is 11.9. The van der Waals surface area contributed by atoms with Crippen LogP contribution in [0.4, 0.5) is 0 Å². The van der Waals surface area contributed by atoms with Gasteiger partial charge in [0.2, 0.25) is 0 Å². The predicted molar refractivity (Wildman–Crippen MR) is 80.9 cm³/mol. The average molecular weight is 267 g/mol. The van der Waals surface area contributed by atoms with Gasteiger partial charge >= 0.3 is 0 Å². The first-order valence-electron chi connectivity index (χ1n) is 6.44. The number of carbonyl (C=O) groups is 1. The van der Waals surface area contributed by atoms with Gasteiger partial charge in [-0.3, -0.25) is 9.79 Å². The molecule has 0 saturated carbocycles. The van der Waals surface area contributed by atoms with Gasteiger partial charge in [-0.15, -0.1) is 5.73 Å². The number of aliphatic imine (C=N–C) groups is 1. The summed E-state index contributed by atoms with van der Waals surface area (Å²) < 4.78 is 0. The lowest BCUT2D eigenvalue weighted by atomic mass is 9.98. The number of nitrogens with one attached hydrogen (secondary N) is 1. The molecule has 4 nitrogen and oxygen atoms in total. The van der Waals surface area contributed by atoms with Crippen LogP contribution >= 0.6 is 0 Å². The molecule has 0 aromatic rings. The normalized spacial score (nSPS) is 22.6. The first-order valence-corrected chi connectivity index (χ1v) is 6.44. The summed E-state index contributed by atoms with van der Waals surface area (Å²) in [4.78, 5) is 16.3. The minimum Gasteiger partial charge on any atom is -0.322 e. The van der Waals surface area contributed by atoms with Crippen molar-refractivity contribution >= 4 is 11.6 Å². The third kappa shape index (κ3) is 2.77. The molecule has 0 radical (unpaired) electrons. The Bertz CT molecular complexity index is 639. The van der Waals surface area contributed by atoms with Gasteiger partial charge in [0, 0.05) is 5.57 Å². The number of amides is 1. The summed E-state index contributed by atoms with van der Waals surface area (Å²) in [5, 5.41) is 2.79. The van der Waals surface area contributed by atoms with E-state index in [9.17, 15) is 4.79 Å². The highest BCUT2D eigenvalue weighted by molar-refractivity contribution is 6.18. The van der Waals surface area contributed by atoms with Crippen molar-refractivity contribution in [2.24, 2.45) is 10.7 Å². The van der Waals surface area contributed by atoms with Gasteiger partial charge < -0.3 is 11.1 Å². The Morgan fingerprint density at radius 3 is 2.85 bits per heavy atom. The summed E-state index contributed by atoms with van der Waals surface area (Å²) in [7, 11) is 0. The van der Waals surface area contributed by atoms with Crippen molar-refractivity contribution in [3.8, 4) is 0 Å². The van der Waals surface area contributed by atoms with Crippen molar-refractivity contribution in [1.82, 2.24) is 5.32 Å². The molecule has 2 aliphatic rings. The first kappa shape index (κ1) is 14.0. The third-order valence-electron chi connectivity index (χ3n) is 2.96. The summed E-state index contributed by atoms with van der Waals surface area (Å²) in [5.41, 5.74) is 11.9. The van der Waals surface area contributed by atoms with E-state index in [2.05, 4.69) is 16.0 Å². The van der Waals surface area contributed by atoms with Crippen LogP contribution in [-0.2, 0) is 4.79 Å². The van der Waals surface area contributed by atoms with Crippen molar-refractivity contribution in [3.63, 3.8) is 0 Å². The topological polar surface area (TPSA) is 67.5 Å². The maximum atomic E-state index is 11.9. The molecule has 1 atom stereocenters. The van der Waals surface area contributed by atoms with Gasteiger partial charge in [-0.05, 0) is 43.7 Å². The lowest BCUT2D eigenvalue weighted by molar-refractivity contribution is -0.121. The van der Waals surface area contributed by atoms with Gasteiger partial charge in [-0.25, -0.2) is 0 Å². The number of carbonyl (C=O) groups excluding carboxylic acids is 1. The highest BCUT2D eigenvalue weighted by Crippen LogP contribution is 2.21. The first-order chi connectivity index (χ1) is 9.67.